The molecule has 0 saturated carbocycles. The van der Waals surface area contributed by atoms with Gasteiger partial charge in [-0.15, -0.1) is 0 Å². The molecule has 100 valence electrons. The van der Waals surface area contributed by atoms with E-state index in [-0.39, 0.29) is 5.69 Å². The highest BCUT2D eigenvalue weighted by Gasteiger charge is 2.10. The summed E-state index contributed by atoms with van der Waals surface area (Å²) in [7, 11) is 0. The average Bonchev–Trinajstić information content (AvgIpc) is 2.81. The molecule has 0 unspecified atom stereocenters. The summed E-state index contributed by atoms with van der Waals surface area (Å²) in [6.07, 6.45) is 1.70. The largest absolute Gasteiger partial charge is 0.271 e. The van der Waals surface area contributed by atoms with Crippen LogP contribution in [0, 0.1) is 10.1 Å². The SMILES string of the molecule is O=[N+]([O-])c1ccc2cnn(Cc3cccc(Cl)c3)c2c1. The van der Waals surface area contributed by atoms with E-state index < -0.39 is 4.92 Å². The number of nitro benzene ring substituents is 1. The topological polar surface area (TPSA) is 61.0 Å². The number of rotatable bonds is 3. The second-order valence-corrected chi connectivity index (χ2v) is 4.87. The Morgan fingerprint density at radius 2 is 2.10 bits per heavy atom. The van der Waals surface area contributed by atoms with Gasteiger partial charge in [0, 0.05) is 22.5 Å². The second-order valence-electron chi connectivity index (χ2n) is 4.43. The van der Waals surface area contributed by atoms with E-state index in [1.54, 1.807) is 23.0 Å². The number of hydrogen-bond donors (Lipinski definition) is 0. The van der Waals surface area contributed by atoms with Crippen LogP contribution in [0.3, 0.4) is 0 Å². The van der Waals surface area contributed by atoms with Gasteiger partial charge in [-0.2, -0.15) is 5.10 Å². The van der Waals surface area contributed by atoms with Crippen LogP contribution < -0.4 is 0 Å². The summed E-state index contributed by atoms with van der Waals surface area (Å²) in [6.45, 7) is 0.519. The maximum atomic E-state index is 10.8. The van der Waals surface area contributed by atoms with Crippen LogP contribution in [0.1, 0.15) is 5.56 Å². The number of nitro groups is 1. The molecule has 20 heavy (non-hydrogen) atoms. The molecule has 0 spiro atoms. The van der Waals surface area contributed by atoms with E-state index in [9.17, 15) is 10.1 Å². The Labute approximate surface area is 119 Å². The predicted molar refractivity (Wildman–Crippen MR) is 76.9 cm³/mol. The van der Waals surface area contributed by atoms with E-state index in [1.807, 2.05) is 18.2 Å². The fourth-order valence-electron chi connectivity index (χ4n) is 2.11. The van der Waals surface area contributed by atoms with Gasteiger partial charge in [0.05, 0.1) is 23.2 Å². The highest BCUT2D eigenvalue weighted by Crippen LogP contribution is 2.21. The van der Waals surface area contributed by atoms with Crippen molar-refractivity contribution >= 4 is 28.2 Å². The molecule has 6 heteroatoms. The molecule has 3 rings (SSSR count). The van der Waals surface area contributed by atoms with Gasteiger partial charge >= 0.3 is 0 Å². The zero-order valence-electron chi connectivity index (χ0n) is 10.4. The van der Waals surface area contributed by atoms with Crippen molar-refractivity contribution in [1.82, 2.24) is 9.78 Å². The molecule has 1 heterocycles. The lowest BCUT2D eigenvalue weighted by molar-refractivity contribution is -0.384. The first-order chi connectivity index (χ1) is 9.63. The minimum atomic E-state index is -0.407. The van der Waals surface area contributed by atoms with Gasteiger partial charge in [-0.25, -0.2) is 0 Å². The molecule has 0 bridgehead atoms. The Morgan fingerprint density at radius 3 is 2.85 bits per heavy atom. The molecule has 0 aliphatic heterocycles. The summed E-state index contributed by atoms with van der Waals surface area (Å²) < 4.78 is 1.73. The van der Waals surface area contributed by atoms with E-state index in [0.717, 1.165) is 16.5 Å². The van der Waals surface area contributed by atoms with Crippen molar-refractivity contribution < 1.29 is 4.92 Å². The van der Waals surface area contributed by atoms with E-state index in [0.29, 0.717) is 11.6 Å². The van der Waals surface area contributed by atoms with Crippen LogP contribution in [-0.2, 0) is 6.54 Å². The first-order valence-electron chi connectivity index (χ1n) is 5.98. The lowest BCUT2D eigenvalue weighted by Crippen LogP contribution is -2.01. The van der Waals surface area contributed by atoms with Crippen molar-refractivity contribution in [3.63, 3.8) is 0 Å². The standard InChI is InChI=1S/C14H10ClN3O2/c15-12-3-1-2-10(6-12)9-17-14-7-13(18(19)20)5-4-11(14)8-16-17/h1-8H,9H2. The Kier molecular flexibility index (Phi) is 3.12. The highest BCUT2D eigenvalue weighted by molar-refractivity contribution is 6.30. The monoisotopic (exact) mass is 287 g/mol. The molecule has 2 aromatic carbocycles. The van der Waals surface area contributed by atoms with Gasteiger partial charge in [-0.05, 0) is 23.8 Å². The van der Waals surface area contributed by atoms with Crippen molar-refractivity contribution in [1.29, 1.82) is 0 Å². The molecular weight excluding hydrogens is 278 g/mol. The molecule has 3 aromatic rings. The minimum absolute atomic E-state index is 0.0605. The predicted octanol–water partition coefficient (Wildman–Crippen LogP) is 3.65. The van der Waals surface area contributed by atoms with Gasteiger partial charge in [0.25, 0.3) is 5.69 Å². The number of fused-ring (bicyclic) bond motifs is 1. The molecule has 0 amide bonds. The van der Waals surface area contributed by atoms with Gasteiger partial charge in [0.2, 0.25) is 0 Å². The Morgan fingerprint density at radius 1 is 1.25 bits per heavy atom. The first-order valence-corrected chi connectivity index (χ1v) is 6.36. The van der Waals surface area contributed by atoms with Gasteiger partial charge in [0.15, 0.2) is 0 Å². The van der Waals surface area contributed by atoms with E-state index >= 15 is 0 Å². The summed E-state index contributed by atoms with van der Waals surface area (Å²) >= 11 is 5.95. The molecule has 0 saturated heterocycles. The van der Waals surface area contributed by atoms with E-state index in [2.05, 4.69) is 5.10 Å². The zero-order chi connectivity index (χ0) is 14.1. The summed E-state index contributed by atoms with van der Waals surface area (Å²) in [5.41, 5.74) is 1.79. The van der Waals surface area contributed by atoms with Crippen LogP contribution in [0.15, 0.2) is 48.7 Å². The normalized spacial score (nSPS) is 10.8. The van der Waals surface area contributed by atoms with Crippen LogP contribution in [0.5, 0.6) is 0 Å². The van der Waals surface area contributed by atoms with Crippen LogP contribution in [-0.4, -0.2) is 14.7 Å². The quantitative estimate of drug-likeness (QED) is 0.546. The molecule has 0 N–H and O–H groups in total. The summed E-state index contributed by atoms with van der Waals surface area (Å²) in [6, 6.07) is 12.2. The number of hydrogen-bond acceptors (Lipinski definition) is 3. The first kappa shape index (κ1) is 12.6. The highest BCUT2D eigenvalue weighted by atomic mass is 35.5. The number of aromatic nitrogens is 2. The van der Waals surface area contributed by atoms with Crippen molar-refractivity contribution in [2.45, 2.75) is 6.54 Å². The van der Waals surface area contributed by atoms with E-state index in [4.69, 9.17) is 11.6 Å². The Bertz CT molecular complexity index is 798. The average molecular weight is 288 g/mol. The van der Waals surface area contributed by atoms with Gasteiger partial charge in [-0.1, -0.05) is 23.7 Å². The smallest absolute Gasteiger partial charge is 0.260 e. The summed E-state index contributed by atoms with van der Waals surface area (Å²) in [5.74, 6) is 0. The molecule has 0 aliphatic carbocycles. The third kappa shape index (κ3) is 2.35. The number of halogens is 1. The molecule has 0 atom stereocenters. The number of non-ortho nitro benzene ring substituents is 1. The van der Waals surface area contributed by atoms with Crippen molar-refractivity contribution in [3.05, 3.63) is 69.4 Å². The van der Waals surface area contributed by atoms with Crippen molar-refractivity contribution in [2.75, 3.05) is 0 Å². The second kappa shape index (κ2) is 4.94. The lowest BCUT2D eigenvalue weighted by atomic mass is 10.2. The van der Waals surface area contributed by atoms with Crippen molar-refractivity contribution in [3.8, 4) is 0 Å². The van der Waals surface area contributed by atoms with E-state index in [1.165, 1.54) is 12.1 Å². The maximum Gasteiger partial charge on any atom is 0.271 e. The molecule has 5 nitrogen and oxygen atoms in total. The summed E-state index contributed by atoms with van der Waals surface area (Å²) in [4.78, 5) is 10.4. The van der Waals surface area contributed by atoms with Crippen LogP contribution in [0.4, 0.5) is 5.69 Å². The van der Waals surface area contributed by atoms with Gasteiger partial charge in [0.1, 0.15) is 0 Å². The molecule has 0 aliphatic rings. The molecule has 1 aromatic heterocycles. The summed E-state index contributed by atoms with van der Waals surface area (Å²) in [5, 5.41) is 16.6. The third-order valence-electron chi connectivity index (χ3n) is 3.06. The van der Waals surface area contributed by atoms with Gasteiger partial charge < -0.3 is 0 Å². The third-order valence-corrected chi connectivity index (χ3v) is 3.30. The van der Waals surface area contributed by atoms with Crippen molar-refractivity contribution in [2.24, 2.45) is 0 Å². The van der Waals surface area contributed by atoms with Crippen LogP contribution in [0.2, 0.25) is 5.02 Å². The fraction of sp³-hybridized carbons (Fsp3) is 0.0714. The van der Waals surface area contributed by atoms with Crippen LogP contribution >= 0.6 is 11.6 Å². The molecule has 0 radical (unpaired) electrons. The van der Waals surface area contributed by atoms with Gasteiger partial charge in [-0.3, -0.25) is 14.8 Å². The molecule has 0 fully saturated rings. The Hall–Kier alpha value is -2.40. The zero-order valence-corrected chi connectivity index (χ0v) is 11.1. The number of nitrogens with zero attached hydrogens (tertiary/aromatic N) is 3. The Balaban J connectivity index is 2.03. The number of benzene rings is 2. The molecular formula is C14H10ClN3O2. The lowest BCUT2D eigenvalue weighted by Gasteiger charge is -2.04. The maximum absolute atomic E-state index is 10.8. The fourth-order valence-corrected chi connectivity index (χ4v) is 2.32. The van der Waals surface area contributed by atoms with Crippen LogP contribution in [0.25, 0.3) is 10.9 Å². The minimum Gasteiger partial charge on any atom is -0.260 e.